The van der Waals surface area contributed by atoms with E-state index in [0.29, 0.717) is 12.5 Å². The van der Waals surface area contributed by atoms with Gasteiger partial charge in [-0.15, -0.1) is 0 Å². The molecule has 0 saturated carbocycles. The molecule has 128 valence electrons. The first kappa shape index (κ1) is 16.0. The Bertz CT molecular complexity index is 975. The number of benzene rings is 2. The predicted octanol–water partition coefficient (Wildman–Crippen LogP) is 3.64. The Hall–Kier alpha value is -3.54. The molecule has 0 radical (unpaired) electrons. The van der Waals surface area contributed by atoms with Crippen LogP contribution in [0.25, 0.3) is 16.8 Å². The van der Waals surface area contributed by atoms with Crippen LogP contribution in [0.2, 0.25) is 0 Å². The molecule has 1 N–H and O–H groups in total. The summed E-state index contributed by atoms with van der Waals surface area (Å²) in [5.74, 6) is 0.616. The van der Waals surface area contributed by atoms with Crippen molar-refractivity contribution in [2.24, 2.45) is 0 Å². The maximum atomic E-state index is 4.16. The van der Waals surface area contributed by atoms with Gasteiger partial charge in [-0.05, 0) is 52.2 Å². The van der Waals surface area contributed by atoms with Crippen LogP contribution in [0.4, 0.5) is 5.95 Å². The van der Waals surface area contributed by atoms with Crippen molar-refractivity contribution >= 4 is 5.95 Å². The summed E-state index contributed by atoms with van der Waals surface area (Å²) in [7, 11) is 0. The van der Waals surface area contributed by atoms with Crippen molar-refractivity contribution in [2.45, 2.75) is 13.5 Å². The van der Waals surface area contributed by atoms with Gasteiger partial charge in [0.05, 0.1) is 5.69 Å². The number of hydrogen-bond donors (Lipinski definition) is 1. The lowest BCUT2D eigenvalue weighted by molar-refractivity contribution is 0.789. The van der Waals surface area contributed by atoms with E-state index >= 15 is 0 Å². The minimum absolute atomic E-state index is 0.616. The standard InChI is InChI=1S/C20H18N6/c1-15-4-10-19(11-5-15)26-20(23-24-25-26)22-13-16-6-8-17(9-7-16)18-3-2-12-21-14-18/h2-12,14H,13H2,1H3,(H,22,23,25). The fraction of sp³-hybridized carbons (Fsp3) is 0.100. The van der Waals surface area contributed by atoms with Gasteiger partial charge in [0.2, 0.25) is 5.95 Å². The third kappa shape index (κ3) is 3.44. The molecule has 4 rings (SSSR count). The van der Waals surface area contributed by atoms with Crippen LogP contribution in [0.3, 0.4) is 0 Å². The van der Waals surface area contributed by atoms with Gasteiger partial charge in [-0.1, -0.05) is 53.1 Å². The van der Waals surface area contributed by atoms with Crippen LogP contribution >= 0.6 is 0 Å². The van der Waals surface area contributed by atoms with Crippen molar-refractivity contribution in [3.05, 3.63) is 84.2 Å². The Kier molecular flexibility index (Phi) is 4.38. The number of aromatic nitrogens is 5. The van der Waals surface area contributed by atoms with E-state index in [4.69, 9.17) is 0 Å². The van der Waals surface area contributed by atoms with Gasteiger partial charge in [0.15, 0.2) is 0 Å². The number of nitrogens with zero attached hydrogens (tertiary/aromatic N) is 5. The summed E-state index contributed by atoms with van der Waals surface area (Å²) in [6, 6.07) is 20.4. The van der Waals surface area contributed by atoms with Gasteiger partial charge < -0.3 is 5.32 Å². The van der Waals surface area contributed by atoms with Crippen molar-refractivity contribution < 1.29 is 0 Å². The molecule has 0 fully saturated rings. The van der Waals surface area contributed by atoms with Crippen LogP contribution in [0.5, 0.6) is 0 Å². The van der Waals surface area contributed by atoms with Crippen molar-refractivity contribution in [1.29, 1.82) is 0 Å². The van der Waals surface area contributed by atoms with Crippen LogP contribution in [0.1, 0.15) is 11.1 Å². The van der Waals surface area contributed by atoms with E-state index in [1.807, 2.05) is 36.5 Å². The largest absolute Gasteiger partial charge is 0.349 e. The molecule has 0 unspecified atom stereocenters. The van der Waals surface area contributed by atoms with Crippen LogP contribution in [0.15, 0.2) is 73.1 Å². The highest BCUT2D eigenvalue weighted by molar-refractivity contribution is 5.62. The second kappa shape index (κ2) is 7.14. The Morgan fingerprint density at radius 2 is 1.73 bits per heavy atom. The molecular formula is C20H18N6. The number of hydrogen-bond acceptors (Lipinski definition) is 5. The summed E-state index contributed by atoms with van der Waals surface area (Å²) in [6.45, 7) is 2.69. The molecule has 6 nitrogen and oxygen atoms in total. The van der Waals surface area contributed by atoms with Gasteiger partial charge in [-0.25, -0.2) is 0 Å². The summed E-state index contributed by atoms with van der Waals surface area (Å²) >= 11 is 0. The predicted molar refractivity (Wildman–Crippen MR) is 101 cm³/mol. The van der Waals surface area contributed by atoms with Crippen LogP contribution in [-0.2, 0) is 6.54 Å². The topological polar surface area (TPSA) is 68.5 Å². The second-order valence-electron chi connectivity index (χ2n) is 6.04. The first-order chi connectivity index (χ1) is 12.8. The fourth-order valence-electron chi connectivity index (χ4n) is 2.69. The van der Waals surface area contributed by atoms with Gasteiger partial charge in [0, 0.05) is 18.9 Å². The van der Waals surface area contributed by atoms with Crippen LogP contribution in [-0.4, -0.2) is 25.2 Å². The zero-order valence-corrected chi connectivity index (χ0v) is 14.4. The van der Waals surface area contributed by atoms with E-state index in [9.17, 15) is 0 Å². The lowest BCUT2D eigenvalue weighted by atomic mass is 10.1. The van der Waals surface area contributed by atoms with E-state index in [2.05, 4.69) is 63.1 Å². The number of nitrogens with one attached hydrogen (secondary N) is 1. The highest BCUT2D eigenvalue weighted by Gasteiger charge is 2.07. The van der Waals surface area contributed by atoms with Crippen molar-refractivity contribution in [1.82, 2.24) is 25.2 Å². The molecule has 26 heavy (non-hydrogen) atoms. The third-order valence-corrected chi connectivity index (χ3v) is 4.15. The SMILES string of the molecule is Cc1ccc(-n2nnnc2NCc2ccc(-c3cccnc3)cc2)cc1. The average Bonchev–Trinajstić information content (AvgIpc) is 3.17. The van der Waals surface area contributed by atoms with Crippen LogP contribution < -0.4 is 5.32 Å². The maximum absolute atomic E-state index is 4.16. The van der Waals surface area contributed by atoms with E-state index in [1.54, 1.807) is 10.9 Å². The molecule has 0 amide bonds. The monoisotopic (exact) mass is 342 g/mol. The zero-order valence-electron chi connectivity index (χ0n) is 14.4. The Balaban J connectivity index is 1.47. The minimum atomic E-state index is 0.616. The van der Waals surface area contributed by atoms with Crippen LogP contribution in [0, 0.1) is 6.92 Å². The lowest BCUT2D eigenvalue weighted by Crippen LogP contribution is -2.07. The molecule has 4 aromatic rings. The Morgan fingerprint density at radius 3 is 2.46 bits per heavy atom. The molecule has 6 heteroatoms. The molecule has 0 aliphatic carbocycles. The van der Waals surface area contributed by atoms with E-state index < -0.39 is 0 Å². The summed E-state index contributed by atoms with van der Waals surface area (Å²) in [4.78, 5) is 4.16. The molecule has 2 aromatic carbocycles. The zero-order chi connectivity index (χ0) is 17.8. The highest BCUT2D eigenvalue weighted by atomic mass is 15.6. The van der Waals surface area contributed by atoms with E-state index in [0.717, 1.165) is 22.4 Å². The molecular weight excluding hydrogens is 324 g/mol. The number of anilines is 1. The molecule has 2 heterocycles. The minimum Gasteiger partial charge on any atom is -0.349 e. The number of rotatable bonds is 5. The molecule has 0 bridgehead atoms. The summed E-state index contributed by atoms with van der Waals surface area (Å²) in [5.41, 5.74) is 5.53. The summed E-state index contributed by atoms with van der Waals surface area (Å²) in [5, 5.41) is 15.2. The van der Waals surface area contributed by atoms with Gasteiger partial charge in [0.25, 0.3) is 0 Å². The molecule has 0 atom stereocenters. The van der Waals surface area contributed by atoms with Gasteiger partial charge in [-0.2, -0.15) is 4.68 Å². The smallest absolute Gasteiger partial charge is 0.248 e. The third-order valence-electron chi connectivity index (χ3n) is 4.15. The van der Waals surface area contributed by atoms with E-state index in [-0.39, 0.29) is 0 Å². The maximum Gasteiger partial charge on any atom is 0.248 e. The molecule has 0 aliphatic heterocycles. The number of pyridine rings is 1. The number of aryl methyl sites for hydroxylation is 1. The van der Waals surface area contributed by atoms with Gasteiger partial charge >= 0.3 is 0 Å². The van der Waals surface area contributed by atoms with Crippen molar-refractivity contribution in [3.8, 4) is 16.8 Å². The average molecular weight is 342 g/mol. The molecule has 0 saturated heterocycles. The molecule has 0 aliphatic rings. The Morgan fingerprint density at radius 1 is 0.923 bits per heavy atom. The summed E-state index contributed by atoms with van der Waals surface area (Å²) in [6.07, 6.45) is 3.64. The first-order valence-corrected chi connectivity index (χ1v) is 8.38. The Labute approximate surface area is 151 Å². The van der Waals surface area contributed by atoms with Crippen molar-refractivity contribution in [2.75, 3.05) is 5.32 Å². The quantitative estimate of drug-likeness (QED) is 0.600. The van der Waals surface area contributed by atoms with Crippen molar-refractivity contribution in [3.63, 3.8) is 0 Å². The molecule has 0 spiro atoms. The first-order valence-electron chi connectivity index (χ1n) is 8.38. The second-order valence-corrected chi connectivity index (χ2v) is 6.04. The van der Waals surface area contributed by atoms with E-state index in [1.165, 1.54) is 5.56 Å². The lowest BCUT2D eigenvalue weighted by Gasteiger charge is -2.08. The highest BCUT2D eigenvalue weighted by Crippen LogP contribution is 2.19. The summed E-state index contributed by atoms with van der Waals surface area (Å²) < 4.78 is 1.70. The fourth-order valence-corrected chi connectivity index (χ4v) is 2.69. The molecule has 2 aromatic heterocycles. The number of tetrazole rings is 1. The van der Waals surface area contributed by atoms with Gasteiger partial charge in [0.1, 0.15) is 0 Å². The normalized spacial score (nSPS) is 10.7. The van der Waals surface area contributed by atoms with Gasteiger partial charge in [-0.3, -0.25) is 4.98 Å².